The number of β-lactam (4-membered cyclic amide) rings is 1. The standard InChI is InChI=1S/C10H14BrNO6S/c1-9(2)5(6(13)17-3)12-7(14)10(11,18-4)8(12)19(9,15)16/h5,8H,1-4H3/t5-,8+,10-/m0/s1. The van der Waals surface area contributed by atoms with E-state index in [1.807, 2.05) is 0 Å². The van der Waals surface area contributed by atoms with E-state index in [1.165, 1.54) is 21.0 Å². The molecule has 0 N–H and O–H groups in total. The summed E-state index contributed by atoms with van der Waals surface area (Å²) in [5.74, 6) is -1.35. The normalized spacial score (nSPS) is 38.6. The molecule has 2 rings (SSSR count). The maximum Gasteiger partial charge on any atom is 0.330 e. The van der Waals surface area contributed by atoms with Gasteiger partial charge in [-0.05, 0) is 29.8 Å². The van der Waals surface area contributed by atoms with Crippen LogP contribution in [0.3, 0.4) is 0 Å². The summed E-state index contributed by atoms with van der Waals surface area (Å²) in [7, 11) is -1.40. The van der Waals surface area contributed by atoms with E-state index in [0.717, 1.165) is 12.0 Å². The number of fused-ring (bicyclic) bond motifs is 1. The molecule has 0 aromatic heterocycles. The zero-order valence-corrected chi connectivity index (χ0v) is 13.2. The average Bonchev–Trinajstić information content (AvgIpc) is 2.50. The number of amides is 1. The Morgan fingerprint density at radius 1 is 1.37 bits per heavy atom. The summed E-state index contributed by atoms with van der Waals surface area (Å²) < 4.78 is 31.6. The second-order valence-electron chi connectivity index (χ2n) is 4.99. The second kappa shape index (κ2) is 3.92. The highest BCUT2D eigenvalue weighted by atomic mass is 79.9. The van der Waals surface area contributed by atoms with Crippen LogP contribution < -0.4 is 0 Å². The van der Waals surface area contributed by atoms with Gasteiger partial charge in [0.1, 0.15) is 10.8 Å². The van der Waals surface area contributed by atoms with Gasteiger partial charge >= 0.3 is 5.97 Å². The maximum atomic E-state index is 12.5. The first-order valence-electron chi connectivity index (χ1n) is 5.45. The van der Waals surface area contributed by atoms with Gasteiger partial charge in [0.25, 0.3) is 5.91 Å². The molecule has 19 heavy (non-hydrogen) atoms. The van der Waals surface area contributed by atoms with Crippen molar-refractivity contribution in [3.63, 3.8) is 0 Å². The lowest BCUT2D eigenvalue weighted by molar-refractivity contribution is -0.177. The summed E-state index contributed by atoms with van der Waals surface area (Å²) in [5, 5.41) is -1.23. The van der Waals surface area contributed by atoms with Crippen LogP contribution >= 0.6 is 15.9 Å². The summed E-state index contributed by atoms with van der Waals surface area (Å²) in [6.07, 6.45) is 0. The Bertz CT molecular complexity index is 558. The van der Waals surface area contributed by atoms with Crippen molar-refractivity contribution in [2.24, 2.45) is 0 Å². The number of rotatable bonds is 2. The quantitative estimate of drug-likeness (QED) is 0.381. The fourth-order valence-electron chi connectivity index (χ4n) is 2.58. The van der Waals surface area contributed by atoms with E-state index in [0.29, 0.717) is 0 Å². The molecule has 2 fully saturated rings. The Morgan fingerprint density at radius 3 is 2.32 bits per heavy atom. The third-order valence-corrected chi connectivity index (χ3v) is 8.02. The predicted molar refractivity (Wildman–Crippen MR) is 68.1 cm³/mol. The molecule has 0 aliphatic carbocycles. The molecular formula is C10H14BrNO6S. The Kier molecular flexibility index (Phi) is 3.04. The van der Waals surface area contributed by atoms with Gasteiger partial charge in [0.2, 0.25) is 4.51 Å². The topological polar surface area (TPSA) is 90.0 Å². The molecule has 0 saturated carbocycles. The van der Waals surface area contributed by atoms with Gasteiger partial charge in [-0.2, -0.15) is 0 Å². The molecule has 7 nitrogen and oxygen atoms in total. The van der Waals surface area contributed by atoms with Crippen LogP contribution in [0.25, 0.3) is 0 Å². The number of esters is 1. The van der Waals surface area contributed by atoms with Crippen LogP contribution in [-0.4, -0.2) is 60.1 Å². The Hall–Kier alpha value is -0.670. The van der Waals surface area contributed by atoms with Crippen LogP contribution in [0.1, 0.15) is 13.8 Å². The van der Waals surface area contributed by atoms with E-state index in [9.17, 15) is 18.0 Å². The summed E-state index contributed by atoms with van der Waals surface area (Å²) in [4.78, 5) is 24.9. The number of alkyl halides is 1. The molecule has 0 aromatic carbocycles. The van der Waals surface area contributed by atoms with E-state index in [2.05, 4.69) is 20.7 Å². The third-order valence-electron chi connectivity index (χ3n) is 3.78. The molecule has 0 spiro atoms. The molecule has 2 saturated heterocycles. The number of carbonyl (C=O) groups excluding carboxylic acids is 2. The van der Waals surface area contributed by atoms with Crippen LogP contribution in [0, 0.1) is 0 Å². The lowest BCUT2D eigenvalue weighted by atomic mass is 9.97. The lowest BCUT2D eigenvalue weighted by Crippen LogP contribution is -2.73. The minimum Gasteiger partial charge on any atom is -0.467 e. The summed E-state index contributed by atoms with van der Waals surface area (Å²) >= 11 is 3.02. The molecule has 1 amide bonds. The van der Waals surface area contributed by atoms with E-state index in [-0.39, 0.29) is 0 Å². The van der Waals surface area contributed by atoms with E-state index >= 15 is 0 Å². The first-order valence-corrected chi connectivity index (χ1v) is 7.79. The molecule has 3 atom stereocenters. The van der Waals surface area contributed by atoms with Crippen molar-refractivity contribution >= 4 is 37.6 Å². The monoisotopic (exact) mass is 355 g/mol. The summed E-state index contributed by atoms with van der Waals surface area (Å²) in [6, 6.07) is -1.17. The highest BCUT2D eigenvalue weighted by molar-refractivity contribution is 9.10. The van der Waals surface area contributed by atoms with Crippen molar-refractivity contribution < 1.29 is 27.5 Å². The number of halogens is 1. The maximum absolute atomic E-state index is 12.5. The Morgan fingerprint density at radius 2 is 1.89 bits per heavy atom. The number of nitrogens with zero attached hydrogens (tertiary/aromatic N) is 1. The molecular weight excluding hydrogens is 342 g/mol. The molecule has 0 radical (unpaired) electrons. The highest BCUT2D eigenvalue weighted by Crippen LogP contribution is 2.54. The predicted octanol–water partition coefficient (Wildman–Crippen LogP) is -0.359. The second-order valence-corrected chi connectivity index (χ2v) is 8.75. The van der Waals surface area contributed by atoms with Crippen molar-refractivity contribution in [1.82, 2.24) is 4.90 Å². The van der Waals surface area contributed by atoms with Gasteiger partial charge in [0.15, 0.2) is 15.2 Å². The minimum atomic E-state index is -3.79. The highest BCUT2D eigenvalue weighted by Gasteiger charge is 2.78. The van der Waals surface area contributed by atoms with Crippen molar-refractivity contribution in [2.75, 3.05) is 14.2 Å². The summed E-state index contributed by atoms with van der Waals surface area (Å²) in [5.41, 5.74) is 0. The van der Waals surface area contributed by atoms with Crippen LogP contribution in [0.15, 0.2) is 0 Å². The van der Waals surface area contributed by atoms with Crippen molar-refractivity contribution in [3.8, 4) is 0 Å². The van der Waals surface area contributed by atoms with E-state index in [1.54, 1.807) is 0 Å². The smallest absolute Gasteiger partial charge is 0.330 e. The van der Waals surface area contributed by atoms with Gasteiger partial charge in [0, 0.05) is 7.11 Å². The van der Waals surface area contributed by atoms with Gasteiger partial charge in [0.05, 0.1) is 7.11 Å². The third kappa shape index (κ3) is 1.43. The molecule has 2 aliphatic rings. The van der Waals surface area contributed by atoms with Gasteiger partial charge in [-0.1, -0.05) is 0 Å². The molecule has 0 aromatic rings. The van der Waals surface area contributed by atoms with Gasteiger partial charge in [-0.25, -0.2) is 13.2 Å². The first-order chi connectivity index (χ1) is 8.57. The van der Waals surface area contributed by atoms with Crippen LogP contribution in [0.2, 0.25) is 0 Å². The largest absolute Gasteiger partial charge is 0.467 e. The van der Waals surface area contributed by atoms with E-state index < -0.39 is 42.4 Å². The fraction of sp³-hybridized carbons (Fsp3) is 0.800. The van der Waals surface area contributed by atoms with Crippen molar-refractivity contribution in [3.05, 3.63) is 0 Å². The number of hydrogen-bond donors (Lipinski definition) is 0. The zero-order valence-electron chi connectivity index (χ0n) is 10.8. The number of carbonyl (C=O) groups is 2. The molecule has 2 heterocycles. The Labute approximate surface area is 119 Å². The lowest BCUT2D eigenvalue weighted by Gasteiger charge is -2.47. The van der Waals surface area contributed by atoms with Gasteiger partial charge < -0.3 is 14.4 Å². The van der Waals surface area contributed by atoms with Crippen molar-refractivity contribution in [2.45, 2.75) is 34.5 Å². The average molecular weight is 356 g/mol. The summed E-state index contributed by atoms with van der Waals surface area (Å²) in [6.45, 7) is 2.80. The van der Waals surface area contributed by atoms with E-state index in [4.69, 9.17) is 4.74 Å². The van der Waals surface area contributed by atoms with Crippen molar-refractivity contribution in [1.29, 1.82) is 0 Å². The van der Waals surface area contributed by atoms with Gasteiger partial charge in [-0.15, -0.1) is 0 Å². The first kappa shape index (κ1) is 14.7. The number of sulfone groups is 1. The van der Waals surface area contributed by atoms with Crippen LogP contribution in [0.4, 0.5) is 0 Å². The molecule has 0 bridgehead atoms. The van der Waals surface area contributed by atoms with Crippen LogP contribution in [0.5, 0.6) is 0 Å². The Balaban J connectivity index is 2.60. The molecule has 108 valence electrons. The number of ether oxygens (including phenoxy) is 2. The minimum absolute atomic E-state index is 0.593. The fourth-order valence-corrected chi connectivity index (χ4v) is 5.95. The number of hydrogen-bond acceptors (Lipinski definition) is 6. The molecule has 2 aliphatic heterocycles. The SMILES string of the molecule is COC(=O)[C@@H]1N2C(=O)[C@](Br)(OC)[C@H]2S(=O)(=O)C1(C)C. The zero-order chi connectivity index (χ0) is 14.8. The molecule has 9 heteroatoms. The van der Waals surface area contributed by atoms with Gasteiger partial charge in [-0.3, -0.25) is 4.79 Å². The molecule has 0 unspecified atom stereocenters. The van der Waals surface area contributed by atoms with Crippen LogP contribution in [-0.2, 0) is 28.9 Å². The number of methoxy groups -OCH3 is 2.